The van der Waals surface area contributed by atoms with Gasteiger partial charge in [0.25, 0.3) is 0 Å². The maximum atomic E-state index is 11.6. The summed E-state index contributed by atoms with van der Waals surface area (Å²) in [5.74, 6) is -0.744. The Morgan fingerprint density at radius 2 is 2.05 bits per heavy atom. The van der Waals surface area contributed by atoms with Crippen molar-refractivity contribution in [3.8, 4) is 0 Å². The summed E-state index contributed by atoms with van der Waals surface area (Å²) < 4.78 is 4.99. The normalized spacial score (nSPS) is 11.7. The first-order valence-electron chi connectivity index (χ1n) is 5.90. The van der Waals surface area contributed by atoms with Gasteiger partial charge in [-0.2, -0.15) is 11.8 Å². The topological polar surface area (TPSA) is 75.6 Å². The van der Waals surface area contributed by atoms with Crippen LogP contribution < -0.4 is 5.32 Å². The molecule has 0 aromatic heterocycles. The van der Waals surface area contributed by atoms with Crippen molar-refractivity contribution in [3.63, 3.8) is 0 Å². The van der Waals surface area contributed by atoms with Crippen molar-refractivity contribution < 1.29 is 19.4 Å². The number of amides is 1. The second-order valence-electron chi connectivity index (χ2n) is 3.87. The van der Waals surface area contributed by atoms with Crippen LogP contribution in [-0.2, 0) is 16.1 Å². The highest BCUT2D eigenvalue weighted by Crippen LogP contribution is 2.10. The Bertz CT molecular complexity index is 428. The van der Waals surface area contributed by atoms with Crippen molar-refractivity contribution in [1.82, 2.24) is 5.32 Å². The molecule has 0 aliphatic carbocycles. The largest absolute Gasteiger partial charge is 0.480 e. The molecular weight excluding hydrogens is 298 g/mol. The number of aliphatic carboxylic acids is 1. The average Bonchev–Trinajstić information content (AvgIpc) is 2.45. The highest BCUT2D eigenvalue weighted by Gasteiger charge is 2.20. The van der Waals surface area contributed by atoms with Gasteiger partial charge in [0.1, 0.15) is 12.6 Å². The van der Waals surface area contributed by atoms with Crippen LogP contribution in [0, 0.1) is 0 Å². The fourth-order valence-corrected chi connectivity index (χ4v) is 2.84. The second kappa shape index (κ2) is 9.55. The molecule has 7 heteroatoms. The summed E-state index contributed by atoms with van der Waals surface area (Å²) in [4.78, 5) is 22.6. The predicted octanol–water partition coefficient (Wildman–Crippen LogP) is 2.42. The van der Waals surface area contributed by atoms with Crippen molar-refractivity contribution in [2.45, 2.75) is 12.6 Å². The van der Waals surface area contributed by atoms with Crippen LogP contribution in [0.1, 0.15) is 5.56 Å². The van der Waals surface area contributed by atoms with Crippen LogP contribution >= 0.6 is 23.5 Å². The number of carbonyl (C=O) groups excluding carboxylic acids is 1. The molecule has 1 atom stereocenters. The van der Waals surface area contributed by atoms with E-state index in [9.17, 15) is 9.59 Å². The molecule has 0 radical (unpaired) electrons. The summed E-state index contributed by atoms with van der Waals surface area (Å²) in [6.07, 6.45) is 1.22. The van der Waals surface area contributed by atoms with Gasteiger partial charge in [0.15, 0.2) is 0 Å². The van der Waals surface area contributed by atoms with E-state index in [2.05, 4.69) is 5.32 Å². The van der Waals surface area contributed by atoms with Crippen molar-refractivity contribution >= 4 is 35.6 Å². The second-order valence-corrected chi connectivity index (χ2v) is 6.14. The number of carbonyl (C=O) groups is 2. The molecule has 0 bridgehead atoms. The molecule has 1 aromatic carbocycles. The van der Waals surface area contributed by atoms with Crippen molar-refractivity contribution in [2.75, 3.05) is 17.1 Å². The molecule has 0 spiro atoms. The van der Waals surface area contributed by atoms with Gasteiger partial charge in [-0.1, -0.05) is 30.3 Å². The smallest absolute Gasteiger partial charge is 0.408 e. The van der Waals surface area contributed by atoms with Crippen LogP contribution in [0.4, 0.5) is 4.79 Å². The Hall–Kier alpha value is -1.34. The van der Waals surface area contributed by atoms with Crippen LogP contribution in [-0.4, -0.2) is 40.3 Å². The van der Waals surface area contributed by atoms with Crippen LogP contribution in [0.25, 0.3) is 0 Å². The van der Waals surface area contributed by atoms with E-state index in [4.69, 9.17) is 9.84 Å². The molecule has 1 amide bonds. The number of nitrogens with one attached hydrogen (secondary N) is 1. The zero-order valence-electron chi connectivity index (χ0n) is 11.1. The number of hydrogen-bond acceptors (Lipinski definition) is 5. The van der Waals surface area contributed by atoms with Gasteiger partial charge in [-0.15, -0.1) is 11.8 Å². The summed E-state index contributed by atoms with van der Waals surface area (Å²) in [7, 11) is 0. The van der Waals surface area contributed by atoms with Gasteiger partial charge in [0, 0.05) is 10.8 Å². The Morgan fingerprint density at radius 3 is 2.65 bits per heavy atom. The van der Waals surface area contributed by atoms with E-state index in [1.165, 1.54) is 11.8 Å². The summed E-state index contributed by atoms with van der Waals surface area (Å²) in [5, 5.41) is 12.2. The Balaban J connectivity index is 2.36. The fraction of sp³-hybridized carbons (Fsp3) is 0.385. The maximum absolute atomic E-state index is 11.6. The summed E-state index contributed by atoms with van der Waals surface area (Å²) >= 11 is 3.07. The minimum absolute atomic E-state index is 0.122. The monoisotopic (exact) mass is 315 g/mol. The quantitative estimate of drug-likeness (QED) is 0.567. The lowest BCUT2D eigenvalue weighted by Crippen LogP contribution is -2.42. The third kappa shape index (κ3) is 6.72. The number of carboxylic acids is 1. The zero-order valence-corrected chi connectivity index (χ0v) is 12.7. The number of hydrogen-bond donors (Lipinski definition) is 2. The third-order valence-electron chi connectivity index (χ3n) is 2.29. The van der Waals surface area contributed by atoms with E-state index in [-0.39, 0.29) is 6.61 Å². The average molecular weight is 315 g/mol. The molecule has 20 heavy (non-hydrogen) atoms. The molecule has 0 aliphatic heterocycles. The van der Waals surface area contributed by atoms with Gasteiger partial charge in [-0.25, -0.2) is 9.59 Å². The van der Waals surface area contributed by atoms with Crippen LogP contribution in [0.15, 0.2) is 30.3 Å². The minimum Gasteiger partial charge on any atom is -0.480 e. The lowest BCUT2D eigenvalue weighted by molar-refractivity contribution is -0.138. The van der Waals surface area contributed by atoms with E-state index in [0.29, 0.717) is 5.75 Å². The molecule has 110 valence electrons. The molecule has 0 saturated heterocycles. The number of thioether (sulfide) groups is 2. The van der Waals surface area contributed by atoms with Crippen molar-refractivity contribution in [3.05, 3.63) is 35.9 Å². The molecule has 0 aliphatic rings. The van der Waals surface area contributed by atoms with E-state index in [1.807, 2.05) is 36.6 Å². The number of ether oxygens (including phenoxy) is 1. The zero-order chi connectivity index (χ0) is 14.8. The van der Waals surface area contributed by atoms with E-state index < -0.39 is 18.1 Å². The lowest BCUT2D eigenvalue weighted by atomic mass is 10.2. The third-order valence-corrected chi connectivity index (χ3v) is 4.47. The summed E-state index contributed by atoms with van der Waals surface area (Å²) in [5.41, 5.74) is 0.853. The molecular formula is C13H17NO4S2. The van der Waals surface area contributed by atoms with E-state index >= 15 is 0 Å². The first-order valence-corrected chi connectivity index (χ1v) is 8.45. The number of carboxylic acid groups (broad SMARTS) is 1. The summed E-state index contributed by atoms with van der Waals surface area (Å²) in [6.45, 7) is 0.122. The molecule has 0 heterocycles. The SMILES string of the molecule is CSCSC[C@H](NC(=O)OCc1ccccc1)C(=O)O. The minimum atomic E-state index is -1.06. The van der Waals surface area contributed by atoms with E-state index in [0.717, 1.165) is 10.6 Å². The molecule has 0 fully saturated rings. The van der Waals surface area contributed by atoms with Crippen LogP contribution in [0.3, 0.4) is 0 Å². The predicted molar refractivity (Wildman–Crippen MR) is 82.0 cm³/mol. The molecule has 5 nitrogen and oxygen atoms in total. The highest BCUT2D eigenvalue weighted by atomic mass is 32.2. The van der Waals surface area contributed by atoms with Crippen LogP contribution in [0.2, 0.25) is 0 Å². The number of alkyl carbamates (subject to hydrolysis) is 1. The Kier molecular flexibility index (Phi) is 7.98. The highest BCUT2D eigenvalue weighted by molar-refractivity contribution is 8.15. The van der Waals surface area contributed by atoms with Gasteiger partial charge in [-0.3, -0.25) is 0 Å². The first kappa shape index (κ1) is 16.7. The van der Waals surface area contributed by atoms with Gasteiger partial charge in [0.05, 0.1) is 0 Å². The standard InChI is InChI=1S/C13H17NO4S2/c1-19-9-20-8-11(12(15)16)14-13(17)18-7-10-5-3-2-4-6-10/h2-6,11H,7-9H2,1H3,(H,14,17)(H,15,16)/t11-/m0/s1. The van der Waals surface area contributed by atoms with Gasteiger partial charge >= 0.3 is 12.1 Å². The Morgan fingerprint density at radius 1 is 1.35 bits per heavy atom. The number of benzene rings is 1. The fourth-order valence-electron chi connectivity index (χ4n) is 1.33. The molecule has 1 rings (SSSR count). The molecule has 2 N–H and O–H groups in total. The van der Waals surface area contributed by atoms with Crippen molar-refractivity contribution in [2.24, 2.45) is 0 Å². The molecule has 1 aromatic rings. The summed E-state index contributed by atoms with van der Waals surface area (Å²) in [6, 6.07) is 8.28. The molecule has 0 unspecified atom stereocenters. The van der Waals surface area contributed by atoms with Crippen LogP contribution in [0.5, 0.6) is 0 Å². The van der Waals surface area contributed by atoms with E-state index in [1.54, 1.807) is 11.8 Å². The molecule has 0 saturated carbocycles. The van der Waals surface area contributed by atoms with Gasteiger partial charge < -0.3 is 15.2 Å². The lowest BCUT2D eigenvalue weighted by Gasteiger charge is -2.14. The first-order chi connectivity index (χ1) is 9.63. The van der Waals surface area contributed by atoms with Gasteiger partial charge in [-0.05, 0) is 11.8 Å². The number of rotatable bonds is 8. The maximum Gasteiger partial charge on any atom is 0.408 e. The Labute approximate surface area is 126 Å². The van der Waals surface area contributed by atoms with Crippen molar-refractivity contribution in [1.29, 1.82) is 0 Å². The van der Waals surface area contributed by atoms with Gasteiger partial charge in [0.2, 0.25) is 0 Å².